The number of hydrogen-bond donors (Lipinski definition) is 2. The fraction of sp³-hybridized carbons (Fsp3) is 0.241. The first-order valence-electron chi connectivity index (χ1n) is 11.8. The number of amides is 1. The summed E-state index contributed by atoms with van der Waals surface area (Å²) >= 11 is 0. The summed E-state index contributed by atoms with van der Waals surface area (Å²) in [6.07, 6.45) is 0. The van der Waals surface area contributed by atoms with Gasteiger partial charge in [-0.1, -0.05) is 42.5 Å². The number of aromatic hydroxyl groups is 1. The Morgan fingerprint density at radius 2 is 1.69 bits per heavy atom. The number of likely N-dealkylation sites (N-methyl/N-ethyl adjacent to an activating group) is 1. The van der Waals surface area contributed by atoms with Crippen molar-refractivity contribution in [2.45, 2.75) is 19.6 Å². The van der Waals surface area contributed by atoms with Crippen LogP contribution in [0, 0.1) is 6.92 Å². The molecule has 36 heavy (non-hydrogen) atoms. The average molecular weight is 487 g/mol. The SMILES string of the molecule is Cc1cc(/C(O)=C2\C(=O)C(=O)N(CCN(C)C)[C@H]2c2ccc(O)cc2)ccc1OCc1ccccc1. The van der Waals surface area contributed by atoms with Gasteiger partial charge in [-0.25, -0.2) is 0 Å². The maximum absolute atomic E-state index is 13.1. The van der Waals surface area contributed by atoms with Crippen molar-refractivity contribution in [1.29, 1.82) is 0 Å². The number of aryl methyl sites for hydroxylation is 1. The second-order valence-corrected chi connectivity index (χ2v) is 9.14. The second kappa shape index (κ2) is 10.7. The molecule has 0 saturated carbocycles. The Morgan fingerprint density at radius 3 is 2.33 bits per heavy atom. The Morgan fingerprint density at radius 1 is 1.00 bits per heavy atom. The van der Waals surface area contributed by atoms with Crippen LogP contribution in [0.1, 0.15) is 28.3 Å². The maximum Gasteiger partial charge on any atom is 0.295 e. The lowest BCUT2D eigenvalue weighted by molar-refractivity contribution is -0.140. The highest BCUT2D eigenvalue weighted by Gasteiger charge is 2.45. The zero-order valence-corrected chi connectivity index (χ0v) is 20.6. The Bertz CT molecular complexity index is 1280. The van der Waals surface area contributed by atoms with Crippen LogP contribution in [0.2, 0.25) is 0 Å². The molecule has 1 saturated heterocycles. The Kier molecular flexibility index (Phi) is 7.41. The molecule has 1 aliphatic heterocycles. The van der Waals surface area contributed by atoms with Crippen molar-refractivity contribution in [3.05, 3.63) is 101 Å². The van der Waals surface area contributed by atoms with Gasteiger partial charge in [0.25, 0.3) is 11.7 Å². The van der Waals surface area contributed by atoms with E-state index in [9.17, 15) is 19.8 Å². The minimum absolute atomic E-state index is 0.0294. The number of ether oxygens (including phenoxy) is 1. The van der Waals surface area contributed by atoms with Crippen molar-refractivity contribution in [1.82, 2.24) is 9.80 Å². The molecule has 7 heteroatoms. The fourth-order valence-corrected chi connectivity index (χ4v) is 4.27. The molecule has 0 radical (unpaired) electrons. The van der Waals surface area contributed by atoms with Crippen LogP contribution >= 0.6 is 0 Å². The number of carbonyl (C=O) groups excluding carboxylic acids is 2. The summed E-state index contributed by atoms with van der Waals surface area (Å²) in [4.78, 5) is 29.5. The minimum Gasteiger partial charge on any atom is -0.508 e. The molecule has 0 bridgehead atoms. The van der Waals surface area contributed by atoms with Gasteiger partial charge in [-0.2, -0.15) is 0 Å². The summed E-state index contributed by atoms with van der Waals surface area (Å²) in [6, 6.07) is 20.6. The normalized spacial score (nSPS) is 17.1. The van der Waals surface area contributed by atoms with Gasteiger partial charge in [-0.15, -0.1) is 0 Å². The largest absolute Gasteiger partial charge is 0.508 e. The Labute approximate surface area is 210 Å². The second-order valence-electron chi connectivity index (χ2n) is 9.14. The van der Waals surface area contributed by atoms with Gasteiger partial charge in [0.05, 0.1) is 11.6 Å². The van der Waals surface area contributed by atoms with E-state index in [0.29, 0.717) is 36.6 Å². The highest BCUT2D eigenvalue weighted by molar-refractivity contribution is 6.46. The molecular formula is C29H30N2O5. The van der Waals surface area contributed by atoms with E-state index in [1.54, 1.807) is 30.3 Å². The van der Waals surface area contributed by atoms with E-state index in [4.69, 9.17) is 4.74 Å². The molecule has 3 aromatic carbocycles. The molecule has 4 rings (SSSR count). The topological polar surface area (TPSA) is 90.3 Å². The summed E-state index contributed by atoms with van der Waals surface area (Å²) in [6.45, 7) is 3.13. The molecule has 1 atom stereocenters. The summed E-state index contributed by atoms with van der Waals surface area (Å²) in [7, 11) is 3.77. The molecule has 0 aliphatic carbocycles. The third-order valence-corrected chi connectivity index (χ3v) is 6.22. The summed E-state index contributed by atoms with van der Waals surface area (Å²) in [5.74, 6) is -0.887. The van der Waals surface area contributed by atoms with E-state index in [1.807, 2.05) is 56.3 Å². The number of ketones is 1. The predicted molar refractivity (Wildman–Crippen MR) is 138 cm³/mol. The van der Waals surface area contributed by atoms with Crippen LogP contribution in [0.25, 0.3) is 5.76 Å². The minimum atomic E-state index is -0.764. The van der Waals surface area contributed by atoms with E-state index in [0.717, 1.165) is 11.1 Å². The van der Waals surface area contributed by atoms with Gasteiger partial charge in [-0.05, 0) is 68.0 Å². The number of aliphatic hydroxyl groups excluding tert-OH is 1. The van der Waals surface area contributed by atoms with Gasteiger partial charge >= 0.3 is 0 Å². The monoisotopic (exact) mass is 486 g/mol. The molecule has 0 unspecified atom stereocenters. The molecule has 0 spiro atoms. The number of nitrogens with zero attached hydrogens (tertiary/aromatic N) is 2. The summed E-state index contributed by atoms with van der Waals surface area (Å²) in [5.41, 5.74) is 2.91. The number of carbonyl (C=O) groups is 2. The molecule has 7 nitrogen and oxygen atoms in total. The molecule has 1 fully saturated rings. The zero-order chi connectivity index (χ0) is 25.8. The van der Waals surface area contributed by atoms with Gasteiger partial charge in [0.2, 0.25) is 0 Å². The smallest absolute Gasteiger partial charge is 0.295 e. The van der Waals surface area contributed by atoms with Gasteiger partial charge in [0.1, 0.15) is 23.9 Å². The van der Waals surface area contributed by atoms with E-state index < -0.39 is 17.7 Å². The summed E-state index contributed by atoms with van der Waals surface area (Å²) in [5, 5.41) is 21.0. The van der Waals surface area contributed by atoms with Crippen LogP contribution in [0.5, 0.6) is 11.5 Å². The van der Waals surface area contributed by atoms with Gasteiger partial charge in [-0.3, -0.25) is 9.59 Å². The molecular weight excluding hydrogens is 456 g/mol. The quantitative estimate of drug-likeness (QED) is 0.281. The highest BCUT2D eigenvalue weighted by atomic mass is 16.5. The van der Waals surface area contributed by atoms with Crippen molar-refractivity contribution in [3.8, 4) is 11.5 Å². The number of aliphatic hydroxyl groups is 1. The van der Waals surface area contributed by atoms with Crippen molar-refractivity contribution < 1.29 is 24.5 Å². The van der Waals surface area contributed by atoms with Crippen LogP contribution < -0.4 is 4.74 Å². The number of Topliss-reactive ketones (excluding diaryl/α,β-unsaturated/α-hetero) is 1. The summed E-state index contributed by atoms with van der Waals surface area (Å²) < 4.78 is 5.94. The fourth-order valence-electron chi connectivity index (χ4n) is 4.27. The first-order chi connectivity index (χ1) is 17.3. The van der Waals surface area contributed by atoms with Gasteiger partial charge < -0.3 is 24.7 Å². The lowest BCUT2D eigenvalue weighted by Crippen LogP contribution is -2.35. The number of phenolic OH excluding ortho intramolecular Hbond substituents is 1. The first kappa shape index (κ1) is 25.0. The van der Waals surface area contributed by atoms with Crippen LogP contribution in [0.15, 0.2) is 78.4 Å². The van der Waals surface area contributed by atoms with E-state index in [1.165, 1.54) is 17.0 Å². The highest BCUT2D eigenvalue weighted by Crippen LogP contribution is 2.40. The standard InChI is InChI=1S/C29H30N2O5/c1-19-17-22(11-14-24(19)36-18-20-7-5-4-6-8-20)27(33)25-26(21-9-12-23(32)13-10-21)31(16-15-30(2)3)29(35)28(25)34/h4-14,17,26,32-33H,15-16,18H2,1-3H3/b27-25+/t26-/m0/s1. The molecule has 1 amide bonds. The van der Waals surface area contributed by atoms with Crippen LogP contribution in [-0.2, 0) is 16.2 Å². The first-order valence-corrected chi connectivity index (χ1v) is 11.8. The zero-order valence-electron chi connectivity index (χ0n) is 20.6. The van der Waals surface area contributed by atoms with Crippen LogP contribution in [-0.4, -0.2) is 58.9 Å². The van der Waals surface area contributed by atoms with Crippen LogP contribution in [0.4, 0.5) is 0 Å². The number of likely N-dealkylation sites (tertiary alicyclic amines) is 1. The number of phenols is 1. The molecule has 2 N–H and O–H groups in total. The number of benzene rings is 3. The lowest BCUT2D eigenvalue weighted by atomic mass is 9.94. The molecule has 186 valence electrons. The lowest BCUT2D eigenvalue weighted by Gasteiger charge is -2.26. The van der Waals surface area contributed by atoms with E-state index >= 15 is 0 Å². The van der Waals surface area contributed by atoms with Crippen molar-refractivity contribution in [2.24, 2.45) is 0 Å². The van der Waals surface area contributed by atoms with E-state index in [2.05, 4.69) is 0 Å². The van der Waals surface area contributed by atoms with Crippen molar-refractivity contribution in [2.75, 3.05) is 27.2 Å². The van der Waals surface area contributed by atoms with Gasteiger partial charge in [0.15, 0.2) is 0 Å². The Hall–Kier alpha value is -4.10. The predicted octanol–water partition coefficient (Wildman–Crippen LogP) is 4.26. The third-order valence-electron chi connectivity index (χ3n) is 6.22. The van der Waals surface area contributed by atoms with Gasteiger partial charge in [0, 0.05) is 18.7 Å². The van der Waals surface area contributed by atoms with Crippen molar-refractivity contribution in [3.63, 3.8) is 0 Å². The molecule has 1 aliphatic rings. The Balaban J connectivity index is 1.69. The van der Waals surface area contributed by atoms with Crippen molar-refractivity contribution >= 4 is 17.4 Å². The third kappa shape index (κ3) is 5.26. The molecule has 0 aromatic heterocycles. The van der Waals surface area contributed by atoms with E-state index in [-0.39, 0.29) is 17.1 Å². The molecule has 1 heterocycles. The molecule has 3 aromatic rings. The average Bonchev–Trinajstić information content (AvgIpc) is 3.12. The van der Waals surface area contributed by atoms with Crippen LogP contribution in [0.3, 0.4) is 0 Å². The number of rotatable bonds is 8. The number of hydrogen-bond acceptors (Lipinski definition) is 6. The maximum atomic E-state index is 13.1.